The second-order valence-electron chi connectivity index (χ2n) is 4.76. The van der Waals surface area contributed by atoms with Crippen LogP contribution in [0.4, 0.5) is 0 Å². The Bertz CT molecular complexity index is 642. The number of aromatic nitrogens is 1. The Morgan fingerprint density at radius 1 is 1.48 bits per heavy atom. The van der Waals surface area contributed by atoms with E-state index in [2.05, 4.69) is 10.3 Å². The molecule has 2 rings (SSSR count). The molecule has 0 aliphatic carbocycles. The van der Waals surface area contributed by atoms with Crippen molar-refractivity contribution < 1.29 is 9.53 Å². The highest BCUT2D eigenvalue weighted by Crippen LogP contribution is 2.26. The second-order valence-corrected chi connectivity index (χ2v) is 6.48. The number of benzene rings is 1. The SMILES string of the molecule is Cc1ccc(Cl)c(OC(C)C(=O)NCc2cnc(C)s2)c1. The molecule has 1 atom stereocenters. The molecule has 0 bridgehead atoms. The highest BCUT2D eigenvalue weighted by atomic mass is 35.5. The summed E-state index contributed by atoms with van der Waals surface area (Å²) in [6.45, 7) is 6.03. The summed E-state index contributed by atoms with van der Waals surface area (Å²) in [7, 11) is 0. The molecule has 0 saturated carbocycles. The number of halogens is 1. The quantitative estimate of drug-likeness (QED) is 0.915. The molecule has 0 aliphatic heterocycles. The predicted octanol–water partition coefficient (Wildman–Crippen LogP) is 3.50. The Morgan fingerprint density at radius 3 is 2.90 bits per heavy atom. The number of carbonyl (C=O) groups excluding carboxylic acids is 1. The Kier molecular flexibility index (Phi) is 5.20. The molecule has 112 valence electrons. The fraction of sp³-hybridized carbons (Fsp3) is 0.333. The highest BCUT2D eigenvalue weighted by molar-refractivity contribution is 7.11. The predicted molar refractivity (Wildman–Crippen MR) is 85.0 cm³/mol. The smallest absolute Gasteiger partial charge is 0.261 e. The zero-order chi connectivity index (χ0) is 15.4. The summed E-state index contributed by atoms with van der Waals surface area (Å²) in [5.41, 5.74) is 1.03. The minimum atomic E-state index is -0.613. The van der Waals surface area contributed by atoms with E-state index in [1.165, 1.54) is 0 Å². The van der Waals surface area contributed by atoms with Crippen molar-refractivity contribution in [3.05, 3.63) is 44.9 Å². The molecule has 0 spiro atoms. The van der Waals surface area contributed by atoms with Crippen LogP contribution in [-0.4, -0.2) is 17.0 Å². The largest absolute Gasteiger partial charge is 0.479 e. The number of hydrogen-bond donors (Lipinski definition) is 1. The molecule has 1 N–H and O–H groups in total. The minimum absolute atomic E-state index is 0.182. The molecule has 1 amide bonds. The lowest BCUT2D eigenvalue weighted by molar-refractivity contribution is -0.127. The third kappa shape index (κ3) is 4.44. The van der Waals surface area contributed by atoms with Gasteiger partial charge < -0.3 is 10.1 Å². The average molecular weight is 325 g/mol. The first-order valence-electron chi connectivity index (χ1n) is 6.57. The Hall–Kier alpha value is -1.59. The fourth-order valence-electron chi connectivity index (χ4n) is 1.75. The van der Waals surface area contributed by atoms with Gasteiger partial charge in [-0.2, -0.15) is 0 Å². The van der Waals surface area contributed by atoms with Crippen LogP contribution < -0.4 is 10.1 Å². The number of thiazole rings is 1. The van der Waals surface area contributed by atoms with Gasteiger partial charge in [0.2, 0.25) is 0 Å². The molecule has 21 heavy (non-hydrogen) atoms. The first kappa shape index (κ1) is 15.8. The molecule has 0 radical (unpaired) electrons. The van der Waals surface area contributed by atoms with Gasteiger partial charge in [0.1, 0.15) is 5.75 Å². The molecule has 1 unspecified atom stereocenters. The number of aryl methyl sites for hydroxylation is 2. The van der Waals surface area contributed by atoms with Crippen molar-refractivity contribution in [3.63, 3.8) is 0 Å². The molecule has 1 aromatic heterocycles. The number of hydrogen-bond acceptors (Lipinski definition) is 4. The van der Waals surface area contributed by atoms with Gasteiger partial charge in [0.15, 0.2) is 6.10 Å². The molecular weight excluding hydrogens is 308 g/mol. The van der Waals surface area contributed by atoms with Gasteiger partial charge in [-0.15, -0.1) is 11.3 Å². The van der Waals surface area contributed by atoms with Crippen LogP contribution in [0.15, 0.2) is 24.4 Å². The molecule has 0 fully saturated rings. The highest BCUT2D eigenvalue weighted by Gasteiger charge is 2.16. The fourth-order valence-corrected chi connectivity index (χ4v) is 2.65. The Labute approximate surface area is 133 Å². The number of nitrogens with zero attached hydrogens (tertiary/aromatic N) is 1. The van der Waals surface area contributed by atoms with Crippen molar-refractivity contribution in [1.82, 2.24) is 10.3 Å². The van der Waals surface area contributed by atoms with Crippen LogP contribution in [-0.2, 0) is 11.3 Å². The van der Waals surface area contributed by atoms with Gasteiger partial charge >= 0.3 is 0 Å². The molecule has 6 heteroatoms. The van der Waals surface area contributed by atoms with E-state index in [0.717, 1.165) is 15.4 Å². The van der Waals surface area contributed by atoms with Crippen LogP contribution in [0.3, 0.4) is 0 Å². The summed E-state index contributed by atoms with van der Waals surface area (Å²) in [6.07, 6.45) is 1.15. The first-order valence-corrected chi connectivity index (χ1v) is 7.77. The topological polar surface area (TPSA) is 51.2 Å². The summed E-state index contributed by atoms with van der Waals surface area (Å²) in [6, 6.07) is 5.47. The van der Waals surface area contributed by atoms with E-state index in [4.69, 9.17) is 16.3 Å². The molecule has 1 aromatic carbocycles. The van der Waals surface area contributed by atoms with Gasteiger partial charge in [0.25, 0.3) is 5.91 Å². The van der Waals surface area contributed by atoms with Gasteiger partial charge in [-0.1, -0.05) is 17.7 Å². The van der Waals surface area contributed by atoms with Crippen molar-refractivity contribution in [1.29, 1.82) is 0 Å². The normalized spacial score (nSPS) is 12.0. The zero-order valence-corrected chi connectivity index (χ0v) is 13.7. The van der Waals surface area contributed by atoms with Gasteiger partial charge in [-0.3, -0.25) is 4.79 Å². The van der Waals surface area contributed by atoms with E-state index in [9.17, 15) is 4.79 Å². The van der Waals surface area contributed by atoms with Crippen molar-refractivity contribution in [2.45, 2.75) is 33.4 Å². The van der Waals surface area contributed by atoms with Crippen LogP contribution >= 0.6 is 22.9 Å². The number of nitrogens with one attached hydrogen (secondary N) is 1. The van der Waals surface area contributed by atoms with E-state index in [0.29, 0.717) is 17.3 Å². The zero-order valence-electron chi connectivity index (χ0n) is 12.1. The van der Waals surface area contributed by atoms with Crippen molar-refractivity contribution in [3.8, 4) is 5.75 Å². The van der Waals surface area contributed by atoms with E-state index >= 15 is 0 Å². The van der Waals surface area contributed by atoms with E-state index in [-0.39, 0.29) is 5.91 Å². The van der Waals surface area contributed by atoms with Gasteiger partial charge in [-0.25, -0.2) is 4.98 Å². The van der Waals surface area contributed by atoms with Crippen LogP contribution in [0.5, 0.6) is 5.75 Å². The molecule has 2 aromatic rings. The third-order valence-corrected chi connectivity index (χ3v) is 4.09. The standard InChI is InChI=1S/C15H17ClN2O2S/c1-9-4-5-13(16)14(6-9)20-10(2)15(19)18-8-12-7-17-11(3)21-12/h4-7,10H,8H2,1-3H3,(H,18,19). The molecular formula is C15H17ClN2O2S. The maximum Gasteiger partial charge on any atom is 0.261 e. The van der Waals surface area contributed by atoms with E-state index < -0.39 is 6.10 Å². The summed E-state index contributed by atoms with van der Waals surface area (Å²) < 4.78 is 5.63. The van der Waals surface area contributed by atoms with Crippen molar-refractivity contribution in [2.75, 3.05) is 0 Å². The monoisotopic (exact) mass is 324 g/mol. The van der Waals surface area contributed by atoms with Crippen LogP contribution in [0.2, 0.25) is 5.02 Å². The lowest BCUT2D eigenvalue weighted by Crippen LogP contribution is -2.35. The summed E-state index contributed by atoms with van der Waals surface area (Å²) >= 11 is 7.62. The first-order chi connectivity index (χ1) is 9.95. The number of amides is 1. The summed E-state index contributed by atoms with van der Waals surface area (Å²) in [5.74, 6) is 0.339. The molecule has 0 saturated heterocycles. The Balaban J connectivity index is 1.91. The maximum absolute atomic E-state index is 12.0. The van der Waals surface area contributed by atoms with Crippen LogP contribution in [0.25, 0.3) is 0 Å². The lowest BCUT2D eigenvalue weighted by atomic mass is 10.2. The molecule has 0 aliphatic rings. The summed E-state index contributed by atoms with van der Waals surface area (Å²) in [5, 5.41) is 4.31. The lowest BCUT2D eigenvalue weighted by Gasteiger charge is -2.15. The van der Waals surface area contributed by atoms with Crippen LogP contribution in [0.1, 0.15) is 22.4 Å². The van der Waals surface area contributed by atoms with E-state index in [1.807, 2.05) is 26.0 Å². The Morgan fingerprint density at radius 2 is 2.24 bits per heavy atom. The van der Waals surface area contributed by atoms with Crippen LogP contribution in [0, 0.1) is 13.8 Å². The third-order valence-electron chi connectivity index (χ3n) is 2.87. The number of ether oxygens (including phenoxy) is 1. The van der Waals surface area contributed by atoms with Crippen molar-refractivity contribution >= 4 is 28.8 Å². The van der Waals surface area contributed by atoms with E-state index in [1.54, 1.807) is 30.5 Å². The number of carbonyl (C=O) groups is 1. The van der Waals surface area contributed by atoms with Gasteiger partial charge in [0, 0.05) is 11.1 Å². The number of rotatable bonds is 5. The molecule has 4 nitrogen and oxygen atoms in total. The minimum Gasteiger partial charge on any atom is -0.479 e. The summed E-state index contributed by atoms with van der Waals surface area (Å²) in [4.78, 5) is 17.2. The van der Waals surface area contributed by atoms with Gasteiger partial charge in [-0.05, 0) is 38.5 Å². The van der Waals surface area contributed by atoms with Gasteiger partial charge in [0.05, 0.1) is 16.6 Å². The molecule has 1 heterocycles. The second kappa shape index (κ2) is 6.91. The maximum atomic E-state index is 12.0. The average Bonchev–Trinajstić information content (AvgIpc) is 2.86. The van der Waals surface area contributed by atoms with Crippen molar-refractivity contribution in [2.24, 2.45) is 0 Å².